The summed E-state index contributed by atoms with van der Waals surface area (Å²) in [7, 11) is -2.41. The molecule has 4 aromatic rings. The zero-order valence-corrected chi connectivity index (χ0v) is 23.9. The van der Waals surface area contributed by atoms with Gasteiger partial charge in [0.2, 0.25) is 0 Å². The molecule has 2 N–H and O–H groups in total. The molecule has 0 saturated carbocycles. The zero-order valence-electron chi connectivity index (χ0n) is 21.5. The lowest BCUT2D eigenvalue weighted by Crippen LogP contribution is -2.44. The third kappa shape index (κ3) is 4.87. The van der Waals surface area contributed by atoms with Crippen LogP contribution >= 0.6 is 23.4 Å². The van der Waals surface area contributed by atoms with Crippen molar-refractivity contribution in [1.29, 1.82) is 0 Å². The highest BCUT2D eigenvalue weighted by molar-refractivity contribution is 7.99. The van der Waals surface area contributed by atoms with Crippen LogP contribution in [0.4, 0.5) is 4.39 Å². The Morgan fingerprint density at radius 3 is 2.48 bits per heavy atom. The second kappa shape index (κ2) is 10.9. The highest BCUT2D eigenvalue weighted by Gasteiger charge is 2.36. The van der Waals surface area contributed by atoms with E-state index in [1.54, 1.807) is 42.5 Å². The van der Waals surface area contributed by atoms with Gasteiger partial charge in [-0.2, -0.15) is 0 Å². The summed E-state index contributed by atoms with van der Waals surface area (Å²) >= 11 is 7.79. The van der Waals surface area contributed by atoms with E-state index >= 15 is 4.39 Å². The van der Waals surface area contributed by atoms with Gasteiger partial charge in [-0.1, -0.05) is 60.1 Å². The number of hydrogen-bond donors (Lipinski definition) is 1. The number of rotatable bonds is 7. The molecular weight excluding hydrogens is 577 g/mol. The van der Waals surface area contributed by atoms with Crippen LogP contribution in [-0.2, 0) is 16.4 Å². The first-order valence-electron chi connectivity index (χ1n) is 12.2. The fourth-order valence-electron chi connectivity index (χ4n) is 4.93. The van der Waals surface area contributed by atoms with Crippen LogP contribution in [0.1, 0.15) is 23.2 Å². The minimum atomic E-state index is -3.85. The average Bonchev–Trinajstić information content (AvgIpc) is 3.36. The molecule has 2 atom stereocenters. The van der Waals surface area contributed by atoms with Gasteiger partial charge in [0.25, 0.3) is 5.56 Å². The Morgan fingerprint density at radius 2 is 1.80 bits per heavy atom. The Balaban J connectivity index is 1.82. The van der Waals surface area contributed by atoms with Crippen molar-refractivity contribution < 1.29 is 17.5 Å². The highest BCUT2D eigenvalue weighted by Crippen LogP contribution is 2.44. The van der Waals surface area contributed by atoms with Crippen LogP contribution in [0.3, 0.4) is 0 Å². The molecule has 0 saturated heterocycles. The summed E-state index contributed by atoms with van der Waals surface area (Å²) in [5.41, 5.74) is 6.08. The lowest BCUT2D eigenvalue weighted by atomic mass is 10.0. The van der Waals surface area contributed by atoms with E-state index in [-0.39, 0.29) is 38.4 Å². The Kier molecular flexibility index (Phi) is 7.66. The second-order valence-corrected chi connectivity index (χ2v) is 12.7. The molecule has 0 bridgehead atoms. The number of ether oxygens (including phenoxy) is 1. The van der Waals surface area contributed by atoms with E-state index in [2.05, 4.69) is 0 Å². The maximum Gasteiger partial charge on any atom is 0.332 e. The molecule has 40 heavy (non-hydrogen) atoms. The summed E-state index contributed by atoms with van der Waals surface area (Å²) in [6.45, 7) is -0.176. The van der Waals surface area contributed by atoms with Crippen LogP contribution in [0.15, 0.2) is 86.2 Å². The smallest absolute Gasteiger partial charge is 0.332 e. The largest absolute Gasteiger partial charge is 0.495 e. The minimum absolute atomic E-state index is 0.113. The maximum atomic E-state index is 15.3. The summed E-state index contributed by atoms with van der Waals surface area (Å²) in [6.07, 6.45) is 0.984. The summed E-state index contributed by atoms with van der Waals surface area (Å²) in [6, 6.07) is 16.0. The Hall–Kier alpha value is -3.38. The van der Waals surface area contributed by atoms with E-state index in [1.807, 2.05) is 6.07 Å². The molecule has 0 spiro atoms. The number of nitrogens with two attached hydrogens (primary N) is 1. The molecule has 1 aliphatic heterocycles. The average molecular weight is 602 g/mol. The Labute approximate surface area is 239 Å². The van der Waals surface area contributed by atoms with Crippen LogP contribution in [0.5, 0.6) is 5.75 Å². The molecule has 2 unspecified atom stereocenters. The van der Waals surface area contributed by atoms with Crippen molar-refractivity contribution in [2.24, 2.45) is 5.73 Å². The lowest BCUT2D eigenvalue weighted by Gasteiger charge is -2.22. The van der Waals surface area contributed by atoms with Crippen molar-refractivity contribution in [3.8, 4) is 16.9 Å². The third-order valence-electron chi connectivity index (χ3n) is 6.82. The molecule has 0 fully saturated rings. The Morgan fingerprint density at radius 1 is 1.10 bits per heavy atom. The van der Waals surface area contributed by atoms with E-state index < -0.39 is 39.0 Å². The molecule has 2 heterocycles. The van der Waals surface area contributed by atoms with Gasteiger partial charge in [-0.15, -0.1) is 11.8 Å². The quantitative estimate of drug-likeness (QED) is 0.315. The first-order valence-corrected chi connectivity index (χ1v) is 15.4. The summed E-state index contributed by atoms with van der Waals surface area (Å²) in [5, 5.41) is 0.414. The van der Waals surface area contributed by atoms with Gasteiger partial charge in [-0.25, -0.2) is 17.6 Å². The van der Waals surface area contributed by atoms with Crippen molar-refractivity contribution in [2.75, 3.05) is 19.1 Å². The summed E-state index contributed by atoms with van der Waals surface area (Å²) in [5.74, 6) is -0.335. The monoisotopic (exact) mass is 601 g/mol. The number of halogens is 2. The van der Waals surface area contributed by atoms with Gasteiger partial charge in [-0.05, 0) is 23.8 Å². The van der Waals surface area contributed by atoms with Gasteiger partial charge in [-0.3, -0.25) is 13.9 Å². The van der Waals surface area contributed by atoms with Gasteiger partial charge in [0, 0.05) is 29.2 Å². The molecule has 0 radical (unpaired) electrons. The molecule has 3 aromatic carbocycles. The zero-order chi connectivity index (χ0) is 28.8. The van der Waals surface area contributed by atoms with Crippen molar-refractivity contribution in [3.63, 3.8) is 0 Å². The van der Waals surface area contributed by atoms with Gasteiger partial charge in [0.1, 0.15) is 11.6 Å². The molecule has 8 nitrogen and oxygen atoms in total. The number of benzene rings is 3. The van der Waals surface area contributed by atoms with Crippen LogP contribution in [0, 0.1) is 5.82 Å². The van der Waals surface area contributed by atoms with E-state index in [0.717, 1.165) is 28.7 Å². The van der Waals surface area contributed by atoms with Gasteiger partial charge >= 0.3 is 5.69 Å². The van der Waals surface area contributed by atoms with Crippen molar-refractivity contribution in [3.05, 3.63) is 110 Å². The lowest BCUT2D eigenvalue weighted by molar-refractivity contribution is 0.415. The molecule has 5 rings (SSSR count). The normalized spacial score (nSPS) is 15.6. The fourth-order valence-corrected chi connectivity index (χ4v) is 7.51. The second-order valence-electron chi connectivity index (χ2n) is 9.34. The van der Waals surface area contributed by atoms with Crippen molar-refractivity contribution in [2.45, 2.75) is 28.5 Å². The van der Waals surface area contributed by atoms with E-state index in [9.17, 15) is 18.0 Å². The maximum absolute atomic E-state index is 15.3. The fraction of sp³-hybridized carbons (Fsp3) is 0.214. The topological polar surface area (TPSA) is 113 Å². The van der Waals surface area contributed by atoms with Crippen LogP contribution in [-0.4, -0.2) is 36.7 Å². The number of hydrogen-bond acceptors (Lipinski definition) is 7. The number of nitrogens with zero attached hydrogens (tertiary/aromatic N) is 2. The van der Waals surface area contributed by atoms with Gasteiger partial charge in [0.05, 0.1) is 40.2 Å². The van der Waals surface area contributed by atoms with Crippen molar-refractivity contribution >= 4 is 33.2 Å². The van der Waals surface area contributed by atoms with E-state index in [4.69, 9.17) is 22.1 Å². The first kappa shape index (κ1) is 28.2. The molecule has 208 valence electrons. The van der Waals surface area contributed by atoms with Crippen LogP contribution in [0.2, 0.25) is 5.02 Å². The first-order chi connectivity index (χ1) is 19.0. The third-order valence-corrected chi connectivity index (χ3v) is 9.52. The number of methoxy groups -OCH3 is 1. The summed E-state index contributed by atoms with van der Waals surface area (Å²) < 4.78 is 48.2. The molecule has 1 aromatic heterocycles. The number of aromatic nitrogens is 2. The molecule has 0 amide bonds. The summed E-state index contributed by atoms with van der Waals surface area (Å²) in [4.78, 5) is 27.8. The van der Waals surface area contributed by atoms with Gasteiger partial charge < -0.3 is 10.5 Å². The molecular formula is C28H25ClFN3O5S2. The molecule has 0 aliphatic carbocycles. The van der Waals surface area contributed by atoms with Crippen molar-refractivity contribution in [1.82, 2.24) is 9.13 Å². The highest BCUT2D eigenvalue weighted by atomic mass is 35.5. The van der Waals surface area contributed by atoms with Crippen LogP contribution < -0.4 is 21.7 Å². The Bertz CT molecular complexity index is 1840. The van der Waals surface area contributed by atoms with Gasteiger partial charge in [0.15, 0.2) is 9.84 Å². The number of fused-ring (bicyclic) bond motifs is 1. The predicted octanol–water partition coefficient (Wildman–Crippen LogP) is 4.28. The minimum Gasteiger partial charge on any atom is -0.495 e. The molecule has 12 heteroatoms. The predicted molar refractivity (Wildman–Crippen MR) is 154 cm³/mol. The van der Waals surface area contributed by atoms with E-state index in [1.165, 1.54) is 23.8 Å². The number of thioether (sulfide) groups is 1. The standard InChI is InChI=1S/C28H25ClFN3O5S2/c1-38-21-12-6-10-17(25(21)29)23-26(34)32(14-19(31)16-8-4-3-5-9-16)28(35)33-20(15-39-27(23)33)24-18(30)11-7-13-22(24)40(2,36)37/h3-13,19-20H,14-15,31H2,1-2H3. The number of sulfone groups is 1. The van der Waals surface area contributed by atoms with E-state index in [0.29, 0.717) is 16.9 Å². The van der Waals surface area contributed by atoms with Crippen LogP contribution in [0.25, 0.3) is 11.1 Å². The SMILES string of the molecule is COc1cccc(-c2c3n(c(=O)n(CC(N)c4ccccc4)c2=O)C(c2c(F)cccc2S(C)(=O)=O)CS3)c1Cl. The molecule has 1 aliphatic rings.